The zero-order chi connectivity index (χ0) is 13.0. The first-order valence-electron chi connectivity index (χ1n) is 6.17. The van der Waals surface area contributed by atoms with Crippen LogP contribution in [0.4, 0.5) is 0 Å². The monoisotopic (exact) mass is 263 g/mol. The standard InChI is InChI=1S/C14H18ClN3/c1-11(2)17-7-8-18-10-16-9-14(18)12-5-3-4-6-13(12)15/h3-6,9-11,17H,7-8H2,1-2H3. The lowest BCUT2D eigenvalue weighted by molar-refractivity contribution is 0.543. The molecule has 0 aliphatic rings. The van der Waals surface area contributed by atoms with Crippen LogP contribution >= 0.6 is 11.6 Å². The van der Waals surface area contributed by atoms with Crippen LogP contribution in [0.5, 0.6) is 0 Å². The Morgan fingerprint density at radius 1 is 1.33 bits per heavy atom. The Morgan fingerprint density at radius 2 is 2.11 bits per heavy atom. The first-order chi connectivity index (χ1) is 8.68. The zero-order valence-electron chi connectivity index (χ0n) is 10.7. The average molecular weight is 264 g/mol. The highest BCUT2D eigenvalue weighted by atomic mass is 35.5. The molecule has 0 spiro atoms. The molecule has 3 nitrogen and oxygen atoms in total. The van der Waals surface area contributed by atoms with Crippen LogP contribution in [0.25, 0.3) is 11.3 Å². The fourth-order valence-electron chi connectivity index (χ4n) is 1.87. The fourth-order valence-corrected chi connectivity index (χ4v) is 2.10. The largest absolute Gasteiger partial charge is 0.329 e. The van der Waals surface area contributed by atoms with Crippen molar-refractivity contribution in [2.45, 2.75) is 26.4 Å². The summed E-state index contributed by atoms with van der Waals surface area (Å²) >= 11 is 6.22. The third kappa shape index (κ3) is 3.12. The highest BCUT2D eigenvalue weighted by molar-refractivity contribution is 6.33. The van der Waals surface area contributed by atoms with Gasteiger partial charge in [0.1, 0.15) is 0 Å². The Morgan fingerprint density at radius 3 is 2.83 bits per heavy atom. The Balaban J connectivity index is 2.15. The van der Waals surface area contributed by atoms with Gasteiger partial charge in [-0.05, 0) is 6.07 Å². The van der Waals surface area contributed by atoms with Crippen LogP contribution in [-0.4, -0.2) is 22.1 Å². The van der Waals surface area contributed by atoms with E-state index in [4.69, 9.17) is 11.6 Å². The maximum Gasteiger partial charge on any atom is 0.0951 e. The summed E-state index contributed by atoms with van der Waals surface area (Å²) in [4.78, 5) is 4.21. The van der Waals surface area contributed by atoms with Crippen LogP contribution in [-0.2, 0) is 6.54 Å². The van der Waals surface area contributed by atoms with Crippen molar-refractivity contribution < 1.29 is 0 Å². The molecule has 96 valence electrons. The smallest absolute Gasteiger partial charge is 0.0951 e. The Bertz CT molecular complexity index is 505. The average Bonchev–Trinajstić information content (AvgIpc) is 2.77. The number of hydrogen-bond acceptors (Lipinski definition) is 2. The molecule has 0 aliphatic heterocycles. The number of halogens is 1. The van der Waals surface area contributed by atoms with E-state index in [0.29, 0.717) is 6.04 Å². The van der Waals surface area contributed by atoms with Crippen LogP contribution in [0.15, 0.2) is 36.8 Å². The van der Waals surface area contributed by atoms with Crippen LogP contribution < -0.4 is 5.32 Å². The third-order valence-electron chi connectivity index (χ3n) is 2.77. The van der Waals surface area contributed by atoms with Gasteiger partial charge in [-0.15, -0.1) is 0 Å². The van der Waals surface area contributed by atoms with Crippen molar-refractivity contribution in [3.05, 3.63) is 41.8 Å². The predicted molar refractivity (Wildman–Crippen MR) is 75.8 cm³/mol. The molecule has 1 heterocycles. The topological polar surface area (TPSA) is 29.9 Å². The van der Waals surface area contributed by atoms with E-state index < -0.39 is 0 Å². The van der Waals surface area contributed by atoms with E-state index in [0.717, 1.165) is 29.4 Å². The van der Waals surface area contributed by atoms with Crippen molar-refractivity contribution in [1.29, 1.82) is 0 Å². The van der Waals surface area contributed by atoms with Crippen molar-refractivity contribution in [3.63, 3.8) is 0 Å². The van der Waals surface area contributed by atoms with Gasteiger partial charge in [0.2, 0.25) is 0 Å². The SMILES string of the molecule is CC(C)NCCn1cncc1-c1ccccc1Cl. The molecule has 0 radical (unpaired) electrons. The molecule has 0 atom stereocenters. The molecule has 1 aromatic carbocycles. The summed E-state index contributed by atoms with van der Waals surface area (Å²) in [6.45, 7) is 6.09. The van der Waals surface area contributed by atoms with Crippen molar-refractivity contribution in [2.75, 3.05) is 6.54 Å². The molecule has 1 aromatic heterocycles. The minimum absolute atomic E-state index is 0.497. The summed E-state index contributed by atoms with van der Waals surface area (Å²) in [5.41, 5.74) is 2.09. The van der Waals surface area contributed by atoms with E-state index in [-0.39, 0.29) is 0 Å². The summed E-state index contributed by atoms with van der Waals surface area (Å²) < 4.78 is 2.12. The summed E-state index contributed by atoms with van der Waals surface area (Å²) in [5, 5.41) is 4.16. The Hall–Kier alpha value is -1.32. The van der Waals surface area contributed by atoms with Crippen LogP contribution in [0.1, 0.15) is 13.8 Å². The Kier molecular flexibility index (Phi) is 4.39. The minimum Gasteiger partial charge on any atom is -0.329 e. The number of rotatable bonds is 5. The number of hydrogen-bond donors (Lipinski definition) is 1. The van der Waals surface area contributed by atoms with Crippen LogP contribution in [0, 0.1) is 0 Å². The van der Waals surface area contributed by atoms with Gasteiger partial charge in [-0.1, -0.05) is 43.6 Å². The lowest BCUT2D eigenvalue weighted by Gasteiger charge is -2.11. The predicted octanol–water partition coefficient (Wildman–Crippen LogP) is 3.20. The molecule has 18 heavy (non-hydrogen) atoms. The van der Waals surface area contributed by atoms with Crippen LogP contribution in [0.3, 0.4) is 0 Å². The molecule has 0 fully saturated rings. The van der Waals surface area contributed by atoms with Gasteiger partial charge in [-0.25, -0.2) is 4.98 Å². The molecule has 0 saturated heterocycles. The molecular weight excluding hydrogens is 246 g/mol. The second-order valence-electron chi connectivity index (χ2n) is 4.56. The molecule has 0 aliphatic carbocycles. The summed E-state index contributed by atoms with van der Waals surface area (Å²) in [6.07, 6.45) is 3.71. The van der Waals surface area contributed by atoms with E-state index in [9.17, 15) is 0 Å². The molecule has 0 unspecified atom stereocenters. The van der Waals surface area contributed by atoms with E-state index in [1.54, 1.807) is 0 Å². The summed E-state index contributed by atoms with van der Waals surface area (Å²) in [6, 6.07) is 8.35. The van der Waals surface area contributed by atoms with E-state index in [2.05, 4.69) is 28.7 Å². The van der Waals surface area contributed by atoms with Gasteiger partial charge < -0.3 is 9.88 Å². The van der Waals surface area contributed by atoms with Gasteiger partial charge in [-0.2, -0.15) is 0 Å². The van der Waals surface area contributed by atoms with Gasteiger partial charge in [0.25, 0.3) is 0 Å². The maximum absolute atomic E-state index is 6.22. The lowest BCUT2D eigenvalue weighted by Crippen LogP contribution is -2.26. The lowest BCUT2D eigenvalue weighted by atomic mass is 10.1. The maximum atomic E-state index is 6.22. The Labute approximate surface area is 113 Å². The first-order valence-corrected chi connectivity index (χ1v) is 6.54. The molecule has 0 saturated carbocycles. The van der Waals surface area contributed by atoms with E-state index in [1.807, 2.05) is 36.8 Å². The van der Waals surface area contributed by atoms with Crippen molar-refractivity contribution in [3.8, 4) is 11.3 Å². The fraction of sp³-hybridized carbons (Fsp3) is 0.357. The summed E-state index contributed by atoms with van der Waals surface area (Å²) in [5.74, 6) is 0. The van der Waals surface area contributed by atoms with Gasteiger partial charge in [-0.3, -0.25) is 0 Å². The van der Waals surface area contributed by atoms with Gasteiger partial charge >= 0.3 is 0 Å². The quantitative estimate of drug-likeness (QED) is 0.898. The molecule has 2 rings (SSSR count). The molecule has 1 N–H and O–H groups in total. The van der Waals surface area contributed by atoms with Crippen LogP contribution in [0.2, 0.25) is 5.02 Å². The van der Waals surface area contributed by atoms with Crippen molar-refractivity contribution >= 4 is 11.6 Å². The molecule has 0 amide bonds. The van der Waals surface area contributed by atoms with Gasteiger partial charge in [0.15, 0.2) is 0 Å². The number of benzene rings is 1. The van der Waals surface area contributed by atoms with E-state index >= 15 is 0 Å². The zero-order valence-corrected chi connectivity index (χ0v) is 11.5. The molecule has 4 heteroatoms. The van der Waals surface area contributed by atoms with Gasteiger partial charge in [0.05, 0.1) is 18.2 Å². The number of nitrogens with one attached hydrogen (secondary N) is 1. The molecular formula is C14H18ClN3. The third-order valence-corrected chi connectivity index (χ3v) is 3.10. The highest BCUT2D eigenvalue weighted by Crippen LogP contribution is 2.26. The number of imidazole rings is 1. The highest BCUT2D eigenvalue weighted by Gasteiger charge is 2.08. The molecule has 0 bridgehead atoms. The second-order valence-corrected chi connectivity index (χ2v) is 4.97. The normalized spacial score (nSPS) is 11.1. The number of nitrogens with zero attached hydrogens (tertiary/aromatic N) is 2. The molecule has 2 aromatic rings. The van der Waals surface area contributed by atoms with Crippen molar-refractivity contribution in [1.82, 2.24) is 14.9 Å². The number of aromatic nitrogens is 2. The minimum atomic E-state index is 0.497. The first kappa shape index (κ1) is 13.1. The van der Waals surface area contributed by atoms with Crippen molar-refractivity contribution in [2.24, 2.45) is 0 Å². The van der Waals surface area contributed by atoms with Gasteiger partial charge in [0, 0.05) is 29.7 Å². The second kappa shape index (κ2) is 6.03. The van der Waals surface area contributed by atoms with E-state index in [1.165, 1.54) is 0 Å². The summed E-state index contributed by atoms with van der Waals surface area (Å²) in [7, 11) is 0.